The molecule has 0 amide bonds. The summed E-state index contributed by atoms with van der Waals surface area (Å²) in [6.07, 6.45) is -0.238. The first-order chi connectivity index (χ1) is 7.15. The Morgan fingerprint density at radius 2 is 1.93 bits per heavy atom. The number of ether oxygens (including phenoxy) is 1. The van der Waals surface area contributed by atoms with Gasteiger partial charge in [0.2, 0.25) is 0 Å². The summed E-state index contributed by atoms with van der Waals surface area (Å²) in [5, 5.41) is 11.7. The SMILES string of the molecule is CC(C)OC(=O)/C(=N\O)c1ccccc1. The zero-order valence-electron chi connectivity index (χ0n) is 8.68. The smallest absolute Gasteiger partial charge is 0.361 e. The van der Waals surface area contributed by atoms with Crippen molar-refractivity contribution in [3.8, 4) is 0 Å². The topological polar surface area (TPSA) is 58.9 Å². The standard InChI is InChI=1S/C11H13NO3/c1-8(2)15-11(13)10(12-14)9-6-4-3-5-7-9/h3-8,14H,1-2H3/b12-10-. The third kappa shape index (κ3) is 3.09. The maximum atomic E-state index is 11.5. The second kappa shape index (κ2) is 5.14. The number of benzene rings is 1. The predicted molar refractivity (Wildman–Crippen MR) is 56.0 cm³/mol. The van der Waals surface area contributed by atoms with Crippen molar-refractivity contribution < 1.29 is 14.7 Å². The Morgan fingerprint density at radius 1 is 1.33 bits per heavy atom. The van der Waals surface area contributed by atoms with Crippen LogP contribution in [0.25, 0.3) is 0 Å². The lowest BCUT2D eigenvalue weighted by Gasteiger charge is -2.08. The molecule has 0 aliphatic rings. The van der Waals surface area contributed by atoms with E-state index in [2.05, 4.69) is 5.16 Å². The van der Waals surface area contributed by atoms with Crippen LogP contribution >= 0.6 is 0 Å². The molecule has 0 saturated carbocycles. The summed E-state index contributed by atoms with van der Waals surface area (Å²) in [5.74, 6) is -0.626. The molecule has 4 nitrogen and oxygen atoms in total. The molecule has 0 radical (unpaired) electrons. The van der Waals surface area contributed by atoms with Gasteiger partial charge >= 0.3 is 5.97 Å². The normalized spacial score (nSPS) is 11.5. The van der Waals surface area contributed by atoms with Gasteiger partial charge in [0.05, 0.1) is 6.10 Å². The number of carbonyl (C=O) groups is 1. The third-order valence-electron chi connectivity index (χ3n) is 1.68. The molecule has 80 valence electrons. The van der Waals surface area contributed by atoms with Gasteiger partial charge in [-0.15, -0.1) is 0 Å². The maximum Gasteiger partial charge on any atom is 0.361 e. The number of hydrogen-bond donors (Lipinski definition) is 1. The molecule has 0 spiro atoms. The lowest BCUT2D eigenvalue weighted by Crippen LogP contribution is -2.22. The van der Waals surface area contributed by atoms with Crippen molar-refractivity contribution in [3.63, 3.8) is 0 Å². The molecular formula is C11H13NO3. The van der Waals surface area contributed by atoms with Crippen molar-refractivity contribution in [1.29, 1.82) is 0 Å². The molecule has 0 saturated heterocycles. The Labute approximate surface area is 88.2 Å². The van der Waals surface area contributed by atoms with Gasteiger partial charge < -0.3 is 9.94 Å². The first-order valence-electron chi connectivity index (χ1n) is 4.63. The van der Waals surface area contributed by atoms with E-state index in [4.69, 9.17) is 9.94 Å². The largest absolute Gasteiger partial charge is 0.458 e. The molecule has 1 rings (SSSR count). The Bertz CT molecular complexity index is 357. The van der Waals surface area contributed by atoms with Gasteiger partial charge in [-0.05, 0) is 13.8 Å². The van der Waals surface area contributed by atoms with Crippen LogP contribution in [0.4, 0.5) is 0 Å². The van der Waals surface area contributed by atoms with Gasteiger partial charge in [0, 0.05) is 5.56 Å². The molecule has 0 aliphatic heterocycles. The van der Waals surface area contributed by atoms with Gasteiger partial charge in [0.25, 0.3) is 0 Å². The number of oxime groups is 1. The third-order valence-corrected chi connectivity index (χ3v) is 1.68. The fraction of sp³-hybridized carbons (Fsp3) is 0.273. The monoisotopic (exact) mass is 207 g/mol. The van der Waals surface area contributed by atoms with E-state index >= 15 is 0 Å². The van der Waals surface area contributed by atoms with E-state index in [-0.39, 0.29) is 11.8 Å². The van der Waals surface area contributed by atoms with Gasteiger partial charge in [0.1, 0.15) is 0 Å². The van der Waals surface area contributed by atoms with Crippen LogP contribution in [0, 0.1) is 0 Å². The summed E-state index contributed by atoms with van der Waals surface area (Å²) < 4.78 is 4.93. The molecule has 1 aromatic carbocycles. The van der Waals surface area contributed by atoms with Gasteiger partial charge in [0.15, 0.2) is 5.71 Å². The molecule has 0 bridgehead atoms. The first-order valence-corrected chi connectivity index (χ1v) is 4.63. The minimum atomic E-state index is -0.626. The number of esters is 1. The highest BCUT2D eigenvalue weighted by molar-refractivity contribution is 6.43. The minimum absolute atomic E-state index is 0.0794. The number of hydrogen-bond acceptors (Lipinski definition) is 4. The lowest BCUT2D eigenvalue weighted by molar-refractivity contribution is -0.139. The molecule has 0 heterocycles. The van der Waals surface area contributed by atoms with E-state index in [0.717, 1.165) is 0 Å². The number of nitrogens with zero attached hydrogens (tertiary/aromatic N) is 1. The van der Waals surface area contributed by atoms with Crippen LogP contribution in [-0.2, 0) is 9.53 Å². The zero-order chi connectivity index (χ0) is 11.3. The summed E-state index contributed by atoms with van der Waals surface area (Å²) in [7, 11) is 0. The zero-order valence-corrected chi connectivity index (χ0v) is 8.68. The van der Waals surface area contributed by atoms with E-state index in [0.29, 0.717) is 5.56 Å². The van der Waals surface area contributed by atoms with Crippen LogP contribution < -0.4 is 0 Å². The van der Waals surface area contributed by atoms with Crippen LogP contribution in [-0.4, -0.2) is 23.0 Å². The molecular weight excluding hydrogens is 194 g/mol. The van der Waals surface area contributed by atoms with E-state index in [1.807, 2.05) is 6.07 Å². The second-order valence-corrected chi connectivity index (χ2v) is 3.27. The molecule has 15 heavy (non-hydrogen) atoms. The summed E-state index contributed by atoms with van der Waals surface area (Å²) in [6.45, 7) is 3.47. The van der Waals surface area contributed by atoms with Gasteiger partial charge in [-0.3, -0.25) is 0 Å². The van der Waals surface area contributed by atoms with Gasteiger partial charge in [-0.25, -0.2) is 4.79 Å². The highest BCUT2D eigenvalue weighted by Gasteiger charge is 2.17. The van der Waals surface area contributed by atoms with Crippen molar-refractivity contribution in [1.82, 2.24) is 0 Å². The summed E-state index contributed by atoms with van der Waals surface area (Å²) >= 11 is 0. The molecule has 1 N–H and O–H groups in total. The van der Waals surface area contributed by atoms with E-state index in [1.54, 1.807) is 38.1 Å². The van der Waals surface area contributed by atoms with E-state index < -0.39 is 5.97 Å². The minimum Gasteiger partial charge on any atom is -0.458 e. The van der Waals surface area contributed by atoms with Crippen LogP contribution in [0.3, 0.4) is 0 Å². The Balaban J connectivity index is 2.87. The van der Waals surface area contributed by atoms with Gasteiger partial charge in [-0.1, -0.05) is 35.5 Å². The Morgan fingerprint density at radius 3 is 2.40 bits per heavy atom. The van der Waals surface area contributed by atoms with Crippen LogP contribution in [0.5, 0.6) is 0 Å². The van der Waals surface area contributed by atoms with Crippen molar-refractivity contribution in [2.75, 3.05) is 0 Å². The van der Waals surface area contributed by atoms with Crippen LogP contribution in [0.1, 0.15) is 19.4 Å². The molecule has 1 aromatic rings. The van der Waals surface area contributed by atoms with Crippen molar-refractivity contribution in [2.24, 2.45) is 5.16 Å². The lowest BCUT2D eigenvalue weighted by atomic mass is 10.1. The Hall–Kier alpha value is -1.84. The van der Waals surface area contributed by atoms with Gasteiger partial charge in [-0.2, -0.15) is 0 Å². The van der Waals surface area contributed by atoms with E-state index in [9.17, 15) is 4.79 Å². The average molecular weight is 207 g/mol. The fourth-order valence-corrected chi connectivity index (χ4v) is 1.08. The molecule has 0 unspecified atom stereocenters. The van der Waals surface area contributed by atoms with Crippen molar-refractivity contribution >= 4 is 11.7 Å². The fourth-order valence-electron chi connectivity index (χ4n) is 1.08. The molecule has 0 atom stereocenters. The highest BCUT2D eigenvalue weighted by atomic mass is 16.5. The number of rotatable bonds is 3. The molecule has 0 aromatic heterocycles. The quantitative estimate of drug-likeness (QED) is 0.356. The van der Waals surface area contributed by atoms with Crippen molar-refractivity contribution in [2.45, 2.75) is 20.0 Å². The Kier molecular flexibility index (Phi) is 3.85. The molecule has 0 aliphatic carbocycles. The highest BCUT2D eigenvalue weighted by Crippen LogP contribution is 2.04. The molecule has 4 heteroatoms. The molecule has 0 fully saturated rings. The average Bonchev–Trinajstić information content (AvgIpc) is 2.19. The first kappa shape index (κ1) is 11.2. The second-order valence-electron chi connectivity index (χ2n) is 3.27. The summed E-state index contributed by atoms with van der Waals surface area (Å²) in [4.78, 5) is 11.5. The maximum absolute atomic E-state index is 11.5. The summed E-state index contributed by atoms with van der Waals surface area (Å²) in [5.41, 5.74) is 0.454. The summed E-state index contributed by atoms with van der Waals surface area (Å²) in [6, 6.07) is 8.67. The predicted octanol–water partition coefficient (Wildman–Crippen LogP) is 1.82. The van der Waals surface area contributed by atoms with E-state index in [1.165, 1.54) is 0 Å². The van der Waals surface area contributed by atoms with Crippen molar-refractivity contribution in [3.05, 3.63) is 35.9 Å². The number of carbonyl (C=O) groups excluding carboxylic acids is 1. The van der Waals surface area contributed by atoms with Crippen LogP contribution in [0.15, 0.2) is 35.5 Å². The van der Waals surface area contributed by atoms with Crippen LogP contribution in [0.2, 0.25) is 0 Å².